The molecule has 1 aromatic carbocycles. The van der Waals surface area contributed by atoms with E-state index in [0.717, 1.165) is 47.4 Å². The number of aryl methyl sites for hydroxylation is 1. The number of hydrogen-bond acceptors (Lipinski definition) is 6. The number of para-hydroxylation sites is 1. The van der Waals surface area contributed by atoms with E-state index in [1.165, 1.54) is 16.1 Å². The van der Waals surface area contributed by atoms with Crippen molar-refractivity contribution >= 4 is 32.7 Å². The summed E-state index contributed by atoms with van der Waals surface area (Å²) in [6.07, 6.45) is 7.03. The van der Waals surface area contributed by atoms with Gasteiger partial charge in [-0.3, -0.25) is 9.78 Å². The Morgan fingerprint density at radius 3 is 2.83 bits per heavy atom. The molecule has 2 aromatic heterocycles. The molecular weight excluding hydrogens is 464 g/mol. The highest BCUT2D eigenvalue weighted by Gasteiger charge is 2.20. The molecular formula is C26H32N4O4S. The summed E-state index contributed by atoms with van der Waals surface area (Å²) in [5, 5.41) is 13.7. The molecule has 0 saturated carbocycles. The quantitative estimate of drug-likeness (QED) is 0.383. The topological polar surface area (TPSA) is 112 Å². The third-order valence-electron chi connectivity index (χ3n) is 6.47. The maximum atomic E-state index is 12.4. The first-order valence-electron chi connectivity index (χ1n) is 12.0. The van der Waals surface area contributed by atoms with Crippen molar-refractivity contribution in [1.82, 2.24) is 14.3 Å². The van der Waals surface area contributed by atoms with Gasteiger partial charge in [0.1, 0.15) is 5.82 Å². The Morgan fingerprint density at radius 2 is 2.03 bits per heavy atom. The summed E-state index contributed by atoms with van der Waals surface area (Å²) in [6, 6.07) is 13.7. The molecule has 4 rings (SSSR count). The van der Waals surface area contributed by atoms with Crippen LogP contribution in [0.25, 0.3) is 10.9 Å². The lowest BCUT2D eigenvalue weighted by molar-refractivity contribution is -0.137. The number of fused-ring (bicyclic) bond motifs is 2. The first-order chi connectivity index (χ1) is 16.8. The average molecular weight is 497 g/mol. The van der Waals surface area contributed by atoms with Crippen molar-refractivity contribution in [2.75, 3.05) is 24.7 Å². The molecule has 3 aromatic rings. The monoisotopic (exact) mass is 496 g/mol. The highest BCUT2D eigenvalue weighted by atomic mass is 32.2. The molecule has 186 valence electrons. The van der Waals surface area contributed by atoms with E-state index in [4.69, 9.17) is 0 Å². The standard InChI is InChI=1S/C26H32N4O4S/c1-35(33,34)30(18-23-12-11-19-9-6-13-27-26(19)29-23)14-5-4-7-20(16-25(31)32)22-15-21-8-2-3-10-24(21)28-17-22/h2-3,8,10-12,15,17,20H,4-7,9,13-14,16,18H2,1H3,(H,27,29)(H,31,32). The van der Waals surface area contributed by atoms with Crippen LogP contribution in [0.15, 0.2) is 48.7 Å². The number of benzene rings is 1. The van der Waals surface area contributed by atoms with Gasteiger partial charge in [-0.1, -0.05) is 30.7 Å². The zero-order valence-electron chi connectivity index (χ0n) is 20.0. The number of aromatic nitrogens is 2. The molecule has 0 saturated heterocycles. The minimum Gasteiger partial charge on any atom is -0.481 e. The third kappa shape index (κ3) is 6.76. The molecule has 2 N–H and O–H groups in total. The van der Waals surface area contributed by atoms with Crippen molar-refractivity contribution in [1.29, 1.82) is 0 Å². The summed E-state index contributed by atoms with van der Waals surface area (Å²) < 4.78 is 26.3. The van der Waals surface area contributed by atoms with Crippen LogP contribution >= 0.6 is 0 Å². The van der Waals surface area contributed by atoms with Gasteiger partial charge in [0.2, 0.25) is 10.0 Å². The van der Waals surface area contributed by atoms with E-state index in [-0.39, 0.29) is 18.9 Å². The van der Waals surface area contributed by atoms with Crippen molar-refractivity contribution in [3.8, 4) is 0 Å². The maximum absolute atomic E-state index is 12.4. The fourth-order valence-corrected chi connectivity index (χ4v) is 5.41. The van der Waals surface area contributed by atoms with Crippen LogP contribution < -0.4 is 5.32 Å². The smallest absolute Gasteiger partial charge is 0.303 e. The summed E-state index contributed by atoms with van der Waals surface area (Å²) in [5.74, 6) is -0.180. The minimum atomic E-state index is -3.41. The Kier molecular flexibility index (Phi) is 7.97. The van der Waals surface area contributed by atoms with E-state index in [2.05, 4.69) is 15.3 Å². The van der Waals surface area contributed by atoms with Gasteiger partial charge in [-0.15, -0.1) is 0 Å². The van der Waals surface area contributed by atoms with Crippen LogP contribution in [0.2, 0.25) is 0 Å². The third-order valence-corrected chi connectivity index (χ3v) is 7.72. The summed E-state index contributed by atoms with van der Waals surface area (Å²) in [7, 11) is -3.41. The average Bonchev–Trinajstić information content (AvgIpc) is 2.83. The SMILES string of the molecule is CS(=O)(=O)N(CCCCC(CC(=O)O)c1cnc2ccccc2c1)Cc1ccc2c(n1)NCCC2. The second kappa shape index (κ2) is 11.1. The van der Waals surface area contributed by atoms with Crippen LogP contribution in [-0.4, -0.2) is 53.1 Å². The maximum Gasteiger partial charge on any atom is 0.303 e. The molecule has 0 amide bonds. The van der Waals surface area contributed by atoms with Crippen LogP contribution in [-0.2, 0) is 27.8 Å². The second-order valence-electron chi connectivity index (χ2n) is 9.19. The molecule has 0 bridgehead atoms. The van der Waals surface area contributed by atoms with Gasteiger partial charge in [-0.05, 0) is 60.9 Å². The number of pyridine rings is 2. The number of sulfonamides is 1. The zero-order chi connectivity index (χ0) is 24.8. The van der Waals surface area contributed by atoms with Crippen LogP contribution in [0, 0.1) is 0 Å². The zero-order valence-corrected chi connectivity index (χ0v) is 20.8. The molecule has 1 aliphatic rings. The van der Waals surface area contributed by atoms with Crippen molar-refractivity contribution in [2.45, 2.75) is 51.0 Å². The molecule has 35 heavy (non-hydrogen) atoms. The predicted molar refractivity (Wildman–Crippen MR) is 137 cm³/mol. The van der Waals surface area contributed by atoms with Crippen LogP contribution in [0.1, 0.15) is 54.8 Å². The molecule has 0 spiro atoms. The number of carboxylic acid groups (broad SMARTS) is 1. The highest BCUT2D eigenvalue weighted by molar-refractivity contribution is 7.88. The molecule has 0 aliphatic carbocycles. The minimum absolute atomic E-state index is 0.0157. The first-order valence-corrected chi connectivity index (χ1v) is 13.9. The number of nitrogens with one attached hydrogen (secondary N) is 1. The number of unbranched alkanes of at least 4 members (excludes halogenated alkanes) is 1. The lowest BCUT2D eigenvalue weighted by Crippen LogP contribution is -2.31. The van der Waals surface area contributed by atoms with Gasteiger partial charge >= 0.3 is 5.97 Å². The molecule has 0 radical (unpaired) electrons. The molecule has 1 aliphatic heterocycles. The fraction of sp³-hybridized carbons (Fsp3) is 0.423. The Hall–Kier alpha value is -3.04. The Balaban J connectivity index is 1.39. The lowest BCUT2D eigenvalue weighted by Gasteiger charge is -2.22. The van der Waals surface area contributed by atoms with E-state index < -0.39 is 16.0 Å². The number of carbonyl (C=O) groups is 1. The van der Waals surface area contributed by atoms with Crippen LogP contribution in [0.3, 0.4) is 0 Å². The van der Waals surface area contributed by atoms with Crippen LogP contribution in [0.4, 0.5) is 5.82 Å². The van der Waals surface area contributed by atoms with Crippen molar-refractivity contribution in [3.63, 3.8) is 0 Å². The summed E-state index contributed by atoms with van der Waals surface area (Å²) in [4.78, 5) is 20.6. The van der Waals surface area contributed by atoms with Gasteiger partial charge in [0.15, 0.2) is 0 Å². The Labute approximate surface area is 206 Å². The van der Waals surface area contributed by atoms with Crippen molar-refractivity contribution in [3.05, 3.63) is 65.5 Å². The molecule has 9 heteroatoms. The van der Waals surface area contributed by atoms with E-state index >= 15 is 0 Å². The Morgan fingerprint density at radius 1 is 1.20 bits per heavy atom. The van der Waals surface area contributed by atoms with Gasteiger partial charge in [-0.2, -0.15) is 4.31 Å². The molecule has 1 atom stereocenters. The second-order valence-corrected chi connectivity index (χ2v) is 11.2. The predicted octanol–water partition coefficient (Wildman–Crippen LogP) is 4.18. The van der Waals surface area contributed by atoms with Gasteiger partial charge < -0.3 is 10.4 Å². The number of aliphatic carboxylic acids is 1. The summed E-state index contributed by atoms with van der Waals surface area (Å²) >= 11 is 0. The number of rotatable bonds is 11. The lowest BCUT2D eigenvalue weighted by atomic mass is 9.91. The molecule has 8 nitrogen and oxygen atoms in total. The van der Waals surface area contributed by atoms with E-state index in [9.17, 15) is 18.3 Å². The van der Waals surface area contributed by atoms with E-state index in [0.29, 0.717) is 25.8 Å². The molecule has 1 unspecified atom stereocenters. The normalized spacial score (nSPS) is 14.5. The fourth-order valence-electron chi connectivity index (χ4n) is 4.59. The number of nitrogens with zero attached hydrogens (tertiary/aromatic N) is 3. The summed E-state index contributed by atoms with van der Waals surface area (Å²) in [6.45, 7) is 1.46. The van der Waals surface area contributed by atoms with Gasteiger partial charge in [0.05, 0.1) is 30.4 Å². The molecule has 0 fully saturated rings. The Bertz CT molecular complexity index is 1300. The van der Waals surface area contributed by atoms with E-state index in [1.54, 1.807) is 6.20 Å². The summed E-state index contributed by atoms with van der Waals surface area (Å²) in [5.41, 5.74) is 3.66. The highest BCUT2D eigenvalue weighted by Crippen LogP contribution is 2.28. The number of carboxylic acids is 1. The largest absolute Gasteiger partial charge is 0.481 e. The van der Waals surface area contributed by atoms with Crippen molar-refractivity contribution < 1.29 is 18.3 Å². The van der Waals surface area contributed by atoms with Gasteiger partial charge in [-0.25, -0.2) is 13.4 Å². The molecule has 3 heterocycles. The van der Waals surface area contributed by atoms with Crippen LogP contribution in [0.5, 0.6) is 0 Å². The number of anilines is 1. The number of hydrogen-bond donors (Lipinski definition) is 2. The van der Waals surface area contributed by atoms with Gasteiger partial charge in [0.25, 0.3) is 0 Å². The van der Waals surface area contributed by atoms with Gasteiger partial charge in [0, 0.05) is 24.7 Å². The van der Waals surface area contributed by atoms with Crippen molar-refractivity contribution in [2.24, 2.45) is 0 Å². The van der Waals surface area contributed by atoms with E-state index in [1.807, 2.05) is 42.5 Å². The first kappa shape index (κ1) is 25.1.